The van der Waals surface area contributed by atoms with E-state index in [9.17, 15) is 13.2 Å². The second kappa shape index (κ2) is 10.6. The van der Waals surface area contributed by atoms with Crippen molar-refractivity contribution >= 4 is 11.0 Å². The quantitative estimate of drug-likeness (QED) is 0.337. The first kappa shape index (κ1) is 25.8. The first-order valence-corrected chi connectivity index (χ1v) is 13.4. The molecule has 9 nitrogen and oxygen atoms in total. The Bertz CT molecular complexity index is 1420. The molecular formula is C27H31F3N8O. The first-order valence-electron chi connectivity index (χ1n) is 13.4. The summed E-state index contributed by atoms with van der Waals surface area (Å²) in [6.45, 7) is 4.76. The van der Waals surface area contributed by atoms with E-state index >= 15 is 0 Å². The highest BCUT2D eigenvalue weighted by atomic mass is 19.4. The van der Waals surface area contributed by atoms with E-state index in [1.165, 1.54) is 0 Å². The average molecular weight is 541 g/mol. The largest absolute Gasteiger partial charge is 0.474 e. The van der Waals surface area contributed by atoms with E-state index in [1.54, 1.807) is 12.4 Å². The maximum Gasteiger partial charge on any atom is 0.433 e. The van der Waals surface area contributed by atoms with Crippen molar-refractivity contribution in [1.29, 1.82) is 0 Å². The minimum absolute atomic E-state index is 0.0558. The van der Waals surface area contributed by atoms with Gasteiger partial charge >= 0.3 is 6.18 Å². The monoisotopic (exact) mass is 540 g/mol. The van der Waals surface area contributed by atoms with Gasteiger partial charge in [0.05, 0.1) is 17.9 Å². The number of hydrogen-bond donors (Lipinski definition) is 2. The van der Waals surface area contributed by atoms with E-state index in [4.69, 9.17) is 4.74 Å². The van der Waals surface area contributed by atoms with Gasteiger partial charge in [-0.2, -0.15) is 18.3 Å². The molecule has 0 radical (unpaired) electrons. The summed E-state index contributed by atoms with van der Waals surface area (Å²) in [6, 6.07) is 5.42. The molecule has 2 aliphatic rings. The van der Waals surface area contributed by atoms with Crippen LogP contribution < -0.4 is 10.1 Å². The maximum absolute atomic E-state index is 13.4. The molecule has 0 unspecified atom stereocenters. The molecule has 2 fully saturated rings. The van der Waals surface area contributed by atoms with Crippen LogP contribution in [-0.2, 0) is 12.7 Å². The number of rotatable bonds is 8. The predicted molar refractivity (Wildman–Crippen MR) is 139 cm³/mol. The van der Waals surface area contributed by atoms with Crippen LogP contribution in [0.3, 0.4) is 0 Å². The van der Waals surface area contributed by atoms with E-state index in [1.807, 2.05) is 36.3 Å². The molecule has 5 heterocycles. The van der Waals surface area contributed by atoms with Crippen LogP contribution in [0.1, 0.15) is 49.9 Å². The number of hydrogen-bond acceptors (Lipinski definition) is 7. The average Bonchev–Trinajstić information content (AvgIpc) is 3.57. The van der Waals surface area contributed by atoms with Gasteiger partial charge < -0.3 is 15.0 Å². The minimum atomic E-state index is -4.51. The maximum atomic E-state index is 13.4. The number of H-pyrrole nitrogens is 1. The molecule has 1 saturated heterocycles. The first-order chi connectivity index (χ1) is 18.9. The molecule has 0 spiro atoms. The molecule has 0 atom stereocenters. The van der Waals surface area contributed by atoms with Crippen molar-refractivity contribution in [2.45, 2.75) is 63.5 Å². The van der Waals surface area contributed by atoms with Gasteiger partial charge in [0, 0.05) is 55.1 Å². The van der Waals surface area contributed by atoms with Crippen LogP contribution >= 0.6 is 0 Å². The smallest absolute Gasteiger partial charge is 0.433 e. The topological polar surface area (TPSA) is 96.8 Å². The highest BCUT2D eigenvalue weighted by molar-refractivity contribution is 5.89. The third kappa shape index (κ3) is 5.48. The van der Waals surface area contributed by atoms with Crippen LogP contribution in [-0.4, -0.2) is 66.4 Å². The Balaban J connectivity index is 1.02. The number of halogens is 3. The molecule has 4 aromatic rings. The fourth-order valence-electron chi connectivity index (χ4n) is 5.55. The normalized spacial score (nSPS) is 20.8. The van der Waals surface area contributed by atoms with Crippen molar-refractivity contribution < 1.29 is 17.9 Å². The Morgan fingerprint density at radius 3 is 2.69 bits per heavy atom. The molecule has 1 aliphatic heterocycles. The van der Waals surface area contributed by atoms with Gasteiger partial charge in [-0.25, -0.2) is 15.0 Å². The van der Waals surface area contributed by atoms with Crippen LogP contribution in [0.25, 0.3) is 22.3 Å². The molecular weight excluding hydrogens is 509 g/mol. The van der Waals surface area contributed by atoms with Crippen LogP contribution in [0.15, 0.2) is 43.1 Å². The lowest BCUT2D eigenvalue weighted by molar-refractivity contribution is -0.141. The Hall–Kier alpha value is -3.51. The van der Waals surface area contributed by atoms with E-state index in [0.717, 1.165) is 67.1 Å². The van der Waals surface area contributed by atoms with Crippen molar-refractivity contribution in [1.82, 2.24) is 39.9 Å². The van der Waals surface area contributed by atoms with Gasteiger partial charge in [-0.3, -0.25) is 9.58 Å². The summed E-state index contributed by atoms with van der Waals surface area (Å²) < 4.78 is 48.1. The number of aromatic amines is 1. The van der Waals surface area contributed by atoms with Crippen LogP contribution in [0.4, 0.5) is 13.2 Å². The lowest BCUT2D eigenvalue weighted by atomic mass is 9.89. The van der Waals surface area contributed by atoms with E-state index < -0.39 is 11.9 Å². The standard InChI is InChI=1S/C27H31F3N8O/c1-2-31-11-17-9-23(27(28,29)30)36-24(10-17)39-21-5-3-19(4-6-21)37-14-20(15-37)38-13-18(12-35-38)25-22-7-8-32-26(22)34-16-33-25/h7-10,12-13,16,19-21,31H,2-6,11,14-15H2,1H3,(H,32,33,34). The molecule has 0 aromatic carbocycles. The molecule has 4 aromatic heterocycles. The summed E-state index contributed by atoms with van der Waals surface area (Å²) in [4.78, 5) is 18.1. The van der Waals surface area contributed by atoms with Gasteiger partial charge in [0.25, 0.3) is 0 Å². The fourth-order valence-corrected chi connectivity index (χ4v) is 5.55. The Kier molecular flexibility index (Phi) is 6.98. The van der Waals surface area contributed by atoms with E-state index in [2.05, 4.69) is 35.3 Å². The van der Waals surface area contributed by atoms with E-state index in [0.29, 0.717) is 30.7 Å². The number of likely N-dealkylation sites (tertiary alicyclic amines) is 1. The third-order valence-electron chi connectivity index (χ3n) is 7.67. The molecule has 0 amide bonds. The number of nitrogens with one attached hydrogen (secondary N) is 2. The highest BCUT2D eigenvalue weighted by Gasteiger charge is 2.37. The zero-order chi connectivity index (χ0) is 27.0. The van der Waals surface area contributed by atoms with Crippen LogP contribution in [0.2, 0.25) is 0 Å². The van der Waals surface area contributed by atoms with Gasteiger partial charge in [-0.1, -0.05) is 6.92 Å². The number of nitrogens with zero attached hydrogens (tertiary/aromatic N) is 6. The molecule has 1 saturated carbocycles. The Morgan fingerprint density at radius 2 is 1.92 bits per heavy atom. The molecule has 39 heavy (non-hydrogen) atoms. The summed E-state index contributed by atoms with van der Waals surface area (Å²) in [6.07, 6.45) is 6.14. The molecule has 0 bridgehead atoms. The zero-order valence-corrected chi connectivity index (χ0v) is 21.7. The molecule has 6 rings (SSSR count). The third-order valence-corrected chi connectivity index (χ3v) is 7.67. The summed E-state index contributed by atoms with van der Waals surface area (Å²) in [5, 5.41) is 8.64. The van der Waals surface area contributed by atoms with Gasteiger partial charge in [0.1, 0.15) is 23.8 Å². The van der Waals surface area contributed by atoms with Gasteiger partial charge in [0.2, 0.25) is 5.88 Å². The van der Waals surface area contributed by atoms with Crippen molar-refractivity contribution in [3.8, 4) is 17.1 Å². The lowest BCUT2D eigenvalue weighted by Gasteiger charge is -2.46. The van der Waals surface area contributed by atoms with Crippen molar-refractivity contribution in [3.05, 3.63) is 54.4 Å². The second-order valence-corrected chi connectivity index (χ2v) is 10.3. The Labute approximate surface area is 223 Å². The summed E-state index contributed by atoms with van der Waals surface area (Å²) in [7, 11) is 0. The van der Waals surface area contributed by atoms with Crippen molar-refractivity contribution in [2.24, 2.45) is 0 Å². The number of aromatic nitrogens is 6. The Morgan fingerprint density at radius 1 is 1.10 bits per heavy atom. The molecule has 1 aliphatic carbocycles. The fraction of sp³-hybridized carbons (Fsp3) is 0.481. The molecule has 12 heteroatoms. The van der Waals surface area contributed by atoms with Crippen LogP contribution in [0, 0.1) is 0 Å². The predicted octanol–water partition coefficient (Wildman–Crippen LogP) is 4.59. The van der Waals surface area contributed by atoms with Gasteiger partial charge in [-0.15, -0.1) is 0 Å². The number of fused-ring (bicyclic) bond motifs is 1. The zero-order valence-electron chi connectivity index (χ0n) is 21.7. The van der Waals surface area contributed by atoms with Crippen molar-refractivity contribution in [3.63, 3.8) is 0 Å². The SMILES string of the molecule is CCNCc1cc(OC2CCC(N3CC(n4cc(-c5ncnc6[nH]ccc56)cn4)C3)CC2)nc(C(F)(F)F)c1. The van der Waals surface area contributed by atoms with Crippen molar-refractivity contribution in [2.75, 3.05) is 19.6 Å². The highest BCUT2D eigenvalue weighted by Crippen LogP contribution is 2.34. The van der Waals surface area contributed by atoms with Gasteiger partial charge in [0.15, 0.2) is 0 Å². The number of ether oxygens (including phenoxy) is 1. The molecule has 2 N–H and O–H groups in total. The summed E-state index contributed by atoms with van der Waals surface area (Å²) in [5.74, 6) is 0.0558. The number of pyridine rings is 1. The summed E-state index contributed by atoms with van der Waals surface area (Å²) >= 11 is 0. The number of alkyl halides is 3. The minimum Gasteiger partial charge on any atom is -0.474 e. The van der Waals surface area contributed by atoms with Gasteiger partial charge in [-0.05, 0) is 49.9 Å². The summed E-state index contributed by atoms with van der Waals surface area (Å²) in [5.41, 5.74) is 2.25. The van der Waals surface area contributed by atoms with Crippen LogP contribution in [0.5, 0.6) is 5.88 Å². The molecule has 206 valence electrons. The van der Waals surface area contributed by atoms with E-state index in [-0.39, 0.29) is 12.0 Å². The lowest BCUT2D eigenvalue weighted by Crippen LogP contribution is -2.54. The second-order valence-electron chi connectivity index (χ2n) is 10.3.